The maximum Gasteiger partial charge on any atom is 0.220 e. The Kier molecular flexibility index (Phi) is 5.96. The lowest BCUT2D eigenvalue weighted by Gasteiger charge is -2.15. The van der Waals surface area contributed by atoms with Crippen LogP contribution in [0.25, 0.3) is 0 Å². The fourth-order valence-corrected chi connectivity index (χ4v) is 3.12. The summed E-state index contributed by atoms with van der Waals surface area (Å²) in [5, 5.41) is 5.10. The summed E-state index contributed by atoms with van der Waals surface area (Å²) in [4.78, 5) is 13.2. The monoisotopic (exact) mass is 302 g/mol. The third-order valence-electron chi connectivity index (χ3n) is 3.40. The average molecular weight is 302 g/mol. The first-order chi connectivity index (χ1) is 10.1. The summed E-state index contributed by atoms with van der Waals surface area (Å²) in [6, 6.07) is 14.1. The van der Waals surface area contributed by atoms with Crippen molar-refractivity contribution in [3.8, 4) is 0 Å². The molecule has 0 saturated carbocycles. The van der Waals surface area contributed by atoms with Gasteiger partial charge >= 0.3 is 0 Å². The Labute approximate surface area is 130 Å². The summed E-state index contributed by atoms with van der Waals surface area (Å²) in [7, 11) is 0. The molecule has 1 aromatic heterocycles. The van der Waals surface area contributed by atoms with Crippen LogP contribution in [-0.4, -0.2) is 11.9 Å². The first-order valence-electron chi connectivity index (χ1n) is 7.27. The molecule has 3 N–H and O–H groups in total. The molecule has 3 nitrogen and oxygen atoms in total. The molecule has 0 saturated heterocycles. The zero-order valence-corrected chi connectivity index (χ0v) is 13.1. The molecular weight excluding hydrogens is 280 g/mol. The summed E-state index contributed by atoms with van der Waals surface area (Å²) in [5.74, 6) is 0.0745. The minimum absolute atomic E-state index is 0.0745. The van der Waals surface area contributed by atoms with Crippen LogP contribution in [0.4, 0.5) is 0 Å². The predicted octanol–water partition coefficient (Wildman–Crippen LogP) is 3.28. The molecule has 4 heteroatoms. The fraction of sp³-hybridized carbons (Fsp3) is 0.353. The van der Waals surface area contributed by atoms with Crippen LogP contribution in [0.3, 0.4) is 0 Å². The smallest absolute Gasteiger partial charge is 0.220 e. The fourth-order valence-electron chi connectivity index (χ4n) is 2.28. The Morgan fingerprint density at radius 1 is 1.24 bits per heavy atom. The summed E-state index contributed by atoms with van der Waals surface area (Å²) in [6.45, 7) is 2.04. The highest BCUT2D eigenvalue weighted by Gasteiger charge is 2.11. The molecule has 0 radical (unpaired) electrons. The van der Waals surface area contributed by atoms with E-state index in [1.54, 1.807) is 11.3 Å². The maximum atomic E-state index is 12.0. The minimum atomic E-state index is -0.0791. The Balaban J connectivity index is 1.72. The quantitative estimate of drug-likeness (QED) is 0.824. The van der Waals surface area contributed by atoms with Gasteiger partial charge in [-0.05, 0) is 30.4 Å². The van der Waals surface area contributed by atoms with Crippen molar-refractivity contribution in [2.75, 3.05) is 0 Å². The molecule has 1 aromatic carbocycles. The lowest BCUT2D eigenvalue weighted by atomic mass is 10.0. The molecule has 0 fully saturated rings. The summed E-state index contributed by atoms with van der Waals surface area (Å²) in [5.41, 5.74) is 7.19. The van der Waals surface area contributed by atoms with E-state index in [9.17, 15) is 4.79 Å². The average Bonchev–Trinajstić information content (AvgIpc) is 2.98. The number of amides is 1. The number of nitrogens with one attached hydrogen (secondary N) is 1. The van der Waals surface area contributed by atoms with Crippen LogP contribution < -0.4 is 11.1 Å². The van der Waals surface area contributed by atoms with Gasteiger partial charge in [-0.1, -0.05) is 36.4 Å². The topological polar surface area (TPSA) is 55.1 Å². The molecule has 21 heavy (non-hydrogen) atoms. The summed E-state index contributed by atoms with van der Waals surface area (Å²) >= 11 is 1.72. The van der Waals surface area contributed by atoms with Gasteiger partial charge in [-0.2, -0.15) is 0 Å². The van der Waals surface area contributed by atoms with Crippen molar-refractivity contribution in [2.45, 2.75) is 38.3 Å². The molecule has 2 unspecified atom stereocenters. The van der Waals surface area contributed by atoms with E-state index in [0.29, 0.717) is 12.8 Å². The van der Waals surface area contributed by atoms with Crippen molar-refractivity contribution in [1.29, 1.82) is 0 Å². The molecular formula is C17H22N2OS. The SMILES string of the molecule is CC(Cc1cccs1)NC(=O)CCC(N)c1ccccc1. The second kappa shape index (κ2) is 7.96. The molecule has 2 aromatic rings. The van der Waals surface area contributed by atoms with Crippen molar-refractivity contribution in [2.24, 2.45) is 5.73 Å². The zero-order valence-electron chi connectivity index (χ0n) is 12.3. The first-order valence-corrected chi connectivity index (χ1v) is 8.15. The first kappa shape index (κ1) is 15.7. The maximum absolute atomic E-state index is 12.0. The van der Waals surface area contributed by atoms with E-state index in [4.69, 9.17) is 5.73 Å². The van der Waals surface area contributed by atoms with Crippen molar-refractivity contribution in [3.05, 3.63) is 58.3 Å². The predicted molar refractivity (Wildman–Crippen MR) is 88.2 cm³/mol. The molecule has 0 bridgehead atoms. The van der Waals surface area contributed by atoms with Crippen LogP contribution in [0.1, 0.15) is 36.2 Å². The van der Waals surface area contributed by atoms with E-state index in [1.165, 1.54) is 4.88 Å². The third-order valence-corrected chi connectivity index (χ3v) is 4.30. The number of carbonyl (C=O) groups excluding carboxylic acids is 1. The van der Waals surface area contributed by atoms with Gasteiger partial charge < -0.3 is 11.1 Å². The largest absolute Gasteiger partial charge is 0.353 e. The number of benzene rings is 1. The van der Waals surface area contributed by atoms with Gasteiger partial charge in [0, 0.05) is 29.8 Å². The Hall–Kier alpha value is -1.65. The van der Waals surface area contributed by atoms with E-state index >= 15 is 0 Å². The number of hydrogen-bond donors (Lipinski definition) is 2. The van der Waals surface area contributed by atoms with E-state index in [2.05, 4.69) is 16.8 Å². The minimum Gasteiger partial charge on any atom is -0.353 e. The Morgan fingerprint density at radius 3 is 2.67 bits per heavy atom. The van der Waals surface area contributed by atoms with Gasteiger partial charge in [0.25, 0.3) is 0 Å². The van der Waals surface area contributed by atoms with Gasteiger partial charge in [0.15, 0.2) is 0 Å². The number of rotatable bonds is 7. The molecule has 0 aliphatic carbocycles. The van der Waals surface area contributed by atoms with Crippen LogP contribution in [0.5, 0.6) is 0 Å². The second-order valence-corrected chi connectivity index (χ2v) is 6.34. The zero-order chi connectivity index (χ0) is 15.1. The van der Waals surface area contributed by atoms with Gasteiger partial charge in [-0.3, -0.25) is 4.79 Å². The molecule has 0 aliphatic heterocycles. The van der Waals surface area contributed by atoms with Crippen LogP contribution in [0, 0.1) is 0 Å². The Bertz CT molecular complexity index is 539. The molecule has 1 amide bonds. The molecule has 2 atom stereocenters. The van der Waals surface area contributed by atoms with Crippen LogP contribution >= 0.6 is 11.3 Å². The second-order valence-electron chi connectivity index (χ2n) is 5.31. The Morgan fingerprint density at radius 2 is 2.00 bits per heavy atom. The van der Waals surface area contributed by atoms with Gasteiger partial charge in [0.2, 0.25) is 5.91 Å². The van der Waals surface area contributed by atoms with Gasteiger partial charge in [-0.15, -0.1) is 11.3 Å². The third kappa shape index (κ3) is 5.33. The molecule has 2 rings (SSSR count). The summed E-state index contributed by atoms with van der Waals surface area (Å²) < 4.78 is 0. The molecule has 112 valence electrons. The van der Waals surface area contributed by atoms with Gasteiger partial charge in [0.05, 0.1) is 0 Å². The van der Waals surface area contributed by atoms with Gasteiger partial charge in [0.1, 0.15) is 0 Å². The van der Waals surface area contributed by atoms with E-state index in [0.717, 1.165) is 12.0 Å². The molecule has 1 heterocycles. The van der Waals surface area contributed by atoms with Crippen molar-refractivity contribution >= 4 is 17.2 Å². The lowest BCUT2D eigenvalue weighted by Crippen LogP contribution is -2.34. The number of thiophene rings is 1. The van der Waals surface area contributed by atoms with Crippen molar-refractivity contribution < 1.29 is 4.79 Å². The normalized spacial score (nSPS) is 13.6. The highest BCUT2D eigenvalue weighted by atomic mass is 32.1. The molecule has 0 spiro atoms. The summed E-state index contributed by atoms with van der Waals surface area (Å²) in [6.07, 6.45) is 2.01. The van der Waals surface area contributed by atoms with Crippen molar-refractivity contribution in [3.63, 3.8) is 0 Å². The van der Waals surface area contributed by atoms with Crippen LogP contribution in [0.2, 0.25) is 0 Å². The lowest BCUT2D eigenvalue weighted by molar-refractivity contribution is -0.121. The van der Waals surface area contributed by atoms with Crippen LogP contribution in [-0.2, 0) is 11.2 Å². The van der Waals surface area contributed by atoms with E-state index < -0.39 is 0 Å². The number of carbonyl (C=O) groups is 1. The standard InChI is InChI=1S/C17H22N2OS/c1-13(12-15-8-5-11-21-15)19-17(20)10-9-16(18)14-6-3-2-4-7-14/h2-8,11,13,16H,9-10,12,18H2,1H3,(H,19,20). The number of nitrogens with two attached hydrogens (primary N) is 1. The van der Waals surface area contributed by atoms with Crippen LogP contribution in [0.15, 0.2) is 47.8 Å². The highest BCUT2D eigenvalue weighted by Crippen LogP contribution is 2.15. The van der Waals surface area contributed by atoms with E-state index in [1.807, 2.05) is 43.3 Å². The van der Waals surface area contributed by atoms with Gasteiger partial charge in [-0.25, -0.2) is 0 Å². The molecule has 0 aliphatic rings. The van der Waals surface area contributed by atoms with Crippen molar-refractivity contribution in [1.82, 2.24) is 5.32 Å². The highest BCUT2D eigenvalue weighted by molar-refractivity contribution is 7.09. The van der Waals surface area contributed by atoms with E-state index in [-0.39, 0.29) is 18.0 Å². The number of hydrogen-bond acceptors (Lipinski definition) is 3.